The second kappa shape index (κ2) is 7.63. The van der Waals surface area contributed by atoms with Gasteiger partial charge < -0.3 is 4.98 Å². The van der Waals surface area contributed by atoms with E-state index < -0.39 is 62.9 Å². The number of nitrogens with zero attached hydrogens (tertiary/aromatic N) is 1. The van der Waals surface area contributed by atoms with Crippen molar-refractivity contribution in [2.75, 3.05) is 6.54 Å². The molecule has 184 valence electrons. The van der Waals surface area contributed by atoms with Gasteiger partial charge >= 0.3 is 18.5 Å². The highest BCUT2D eigenvalue weighted by Crippen LogP contribution is 2.46. The monoisotopic (exact) mass is 516 g/mol. The van der Waals surface area contributed by atoms with Crippen LogP contribution in [0.25, 0.3) is 10.9 Å². The first-order chi connectivity index (χ1) is 15.5. The second-order valence-corrected chi connectivity index (χ2v) is 9.50. The highest BCUT2D eigenvalue weighted by Gasteiger charge is 2.53. The van der Waals surface area contributed by atoms with E-state index in [9.17, 15) is 47.9 Å². The lowest BCUT2D eigenvalue weighted by Gasteiger charge is -2.36. The summed E-state index contributed by atoms with van der Waals surface area (Å²) < 4.78 is 148. The molecule has 2 heterocycles. The van der Waals surface area contributed by atoms with Crippen LogP contribution in [0.3, 0.4) is 0 Å². The number of hydrogen-bond acceptors (Lipinski definition) is 2. The van der Waals surface area contributed by atoms with Crippen LogP contribution in [0.5, 0.6) is 0 Å². The third kappa shape index (κ3) is 4.13. The Morgan fingerprint density at radius 1 is 0.853 bits per heavy atom. The number of fused-ring (bicyclic) bond motifs is 3. The van der Waals surface area contributed by atoms with Crippen LogP contribution in [0.2, 0.25) is 0 Å². The number of benzene rings is 2. The van der Waals surface area contributed by atoms with Gasteiger partial charge in [0.05, 0.1) is 16.0 Å². The Morgan fingerprint density at radius 3 is 1.94 bits per heavy atom. The third-order valence-corrected chi connectivity index (χ3v) is 7.31. The SMILES string of the molecule is O=S(=O)(c1cc(C(F)(F)F)cc(C(F)(F)F)c1)N1CCc2c([nH]c3ccccc23)C1C(F)(F)F. The van der Waals surface area contributed by atoms with E-state index in [1.807, 2.05) is 0 Å². The maximum Gasteiger partial charge on any atom is 0.416 e. The fourth-order valence-corrected chi connectivity index (χ4v) is 5.67. The van der Waals surface area contributed by atoms with Crippen molar-refractivity contribution >= 4 is 20.9 Å². The largest absolute Gasteiger partial charge is 0.416 e. The van der Waals surface area contributed by atoms with Crippen molar-refractivity contribution in [3.05, 3.63) is 64.8 Å². The molecular formula is C20H13F9N2O2S. The van der Waals surface area contributed by atoms with Crippen LogP contribution in [0.15, 0.2) is 47.4 Å². The minimum Gasteiger partial charge on any atom is -0.357 e. The molecule has 1 atom stereocenters. The van der Waals surface area contributed by atoms with Crippen molar-refractivity contribution in [2.45, 2.75) is 35.9 Å². The number of halogens is 9. The molecule has 0 aliphatic carbocycles. The number of H-pyrrole nitrogens is 1. The number of sulfonamides is 1. The van der Waals surface area contributed by atoms with E-state index in [0.717, 1.165) is 0 Å². The molecule has 0 bridgehead atoms. The van der Waals surface area contributed by atoms with Gasteiger partial charge in [-0.1, -0.05) is 18.2 Å². The van der Waals surface area contributed by atoms with Crippen LogP contribution in [-0.2, 0) is 28.8 Å². The van der Waals surface area contributed by atoms with Crippen LogP contribution in [0.1, 0.15) is 28.4 Å². The summed E-state index contributed by atoms with van der Waals surface area (Å²) in [6.45, 7) is -0.807. The normalized spacial score (nSPS) is 18.3. The highest BCUT2D eigenvalue weighted by atomic mass is 32.2. The molecule has 0 spiro atoms. The quantitative estimate of drug-likeness (QED) is 0.422. The van der Waals surface area contributed by atoms with E-state index in [0.29, 0.717) is 5.39 Å². The van der Waals surface area contributed by atoms with E-state index in [1.54, 1.807) is 6.07 Å². The average molecular weight is 516 g/mol. The predicted molar refractivity (Wildman–Crippen MR) is 101 cm³/mol. The lowest BCUT2D eigenvalue weighted by Crippen LogP contribution is -2.46. The van der Waals surface area contributed by atoms with Crippen LogP contribution >= 0.6 is 0 Å². The summed E-state index contributed by atoms with van der Waals surface area (Å²) in [5.41, 5.74) is -3.99. The zero-order valence-electron chi connectivity index (χ0n) is 16.6. The van der Waals surface area contributed by atoms with Crippen molar-refractivity contribution in [3.8, 4) is 0 Å². The Balaban J connectivity index is 1.91. The molecular weight excluding hydrogens is 503 g/mol. The topological polar surface area (TPSA) is 53.2 Å². The zero-order valence-corrected chi connectivity index (χ0v) is 17.4. The molecule has 1 aliphatic heterocycles. The van der Waals surface area contributed by atoms with E-state index in [1.165, 1.54) is 18.2 Å². The number of hydrogen-bond donors (Lipinski definition) is 1. The lowest BCUT2D eigenvalue weighted by atomic mass is 9.99. The maximum atomic E-state index is 14.1. The van der Waals surface area contributed by atoms with Crippen LogP contribution < -0.4 is 0 Å². The molecule has 1 aliphatic rings. The fraction of sp³-hybridized carbons (Fsp3) is 0.300. The first kappa shape index (κ1) is 24.4. The maximum absolute atomic E-state index is 14.1. The molecule has 2 aromatic carbocycles. The van der Waals surface area contributed by atoms with Gasteiger partial charge in [-0.05, 0) is 36.2 Å². The zero-order chi connectivity index (χ0) is 25.3. The van der Waals surface area contributed by atoms with Crippen molar-refractivity contribution < 1.29 is 47.9 Å². The molecule has 1 aromatic heterocycles. The van der Waals surface area contributed by atoms with Crippen LogP contribution in [-0.4, -0.2) is 30.4 Å². The van der Waals surface area contributed by atoms with Crippen LogP contribution in [0, 0.1) is 0 Å². The number of aromatic nitrogens is 1. The van der Waals surface area contributed by atoms with Gasteiger partial charge in [-0.3, -0.25) is 0 Å². The van der Waals surface area contributed by atoms with Gasteiger partial charge in [0, 0.05) is 23.1 Å². The summed E-state index contributed by atoms with van der Waals surface area (Å²) >= 11 is 0. The standard InChI is InChI=1S/C20H13F9N2O2S/c21-18(22,23)10-7-11(19(24,25)26)9-12(8-10)34(32,33)31-6-5-14-13-3-1-2-4-15(13)30-16(14)17(31)20(27,28)29/h1-4,7-9,17,30H,5-6H2. The minimum absolute atomic E-state index is 0.0985. The summed E-state index contributed by atoms with van der Waals surface area (Å²) in [5.74, 6) is 0. The molecule has 14 heteroatoms. The molecule has 0 saturated heterocycles. The highest BCUT2D eigenvalue weighted by molar-refractivity contribution is 7.89. The predicted octanol–water partition coefficient (Wildman–Crippen LogP) is 6.06. The number of rotatable bonds is 2. The Kier molecular flexibility index (Phi) is 5.47. The molecule has 0 fully saturated rings. The van der Waals surface area contributed by atoms with Gasteiger partial charge in [0.15, 0.2) is 6.04 Å². The van der Waals surface area contributed by atoms with Crippen molar-refractivity contribution in [1.29, 1.82) is 0 Å². The van der Waals surface area contributed by atoms with E-state index in [-0.39, 0.29) is 40.0 Å². The number of alkyl halides is 9. The van der Waals surface area contributed by atoms with Gasteiger partial charge in [0.1, 0.15) is 0 Å². The Bertz CT molecular complexity index is 1320. The molecule has 34 heavy (non-hydrogen) atoms. The molecule has 0 saturated carbocycles. The fourth-order valence-electron chi connectivity index (χ4n) is 4.02. The second-order valence-electron chi connectivity index (χ2n) is 7.61. The number of nitrogens with one attached hydrogen (secondary N) is 1. The first-order valence-corrected chi connectivity index (χ1v) is 10.9. The molecule has 0 radical (unpaired) electrons. The number of aromatic amines is 1. The summed E-state index contributed by atoms with van der Waals surface area (Å²) in [6, 6.07) is 2.74. The van der Waals surface area contributed by atoms with Gasteiger partial charge in [0.2, 0.25) is 10.0 Å². The molecule has 1 unspecified atom stereocenters. The summed E-state index contributed by atoms with van der Waals surface area (Å²) in [5, 5.41) is 0.405. The first-order valence-electron chi connectivity index (χ1n) is 9.49. The minimum atomic E-state index is -5.45. The summed E-state index contributed by atoms with van der Waals surface area (Å²) in [6.07, 6.45) is -16.2. The lowest BCUT2D eigenvalue weighted by molar-refractivity contribution is -0.176. The van der Waals surface area contributed by atoms with Crippen molar-refractivity contribution in [3.63, 3.8) is 0 Å². The summed E-state index contributed by atoms with van der Waals surface area (Å²) in [7, 11) is -5.45. The third-order valence-electron chi connectivity index (χ3n) is 5.47. The average Bonchev–Trinajstić information content (AvgIpc) is 3.09. The molecule has 3 aromatic rings. The molecule has 1 N–H and O–H groups in total. The van der Waals surface area contributed by atoms with Crippen LogP contribution in [0.4, 0.5) is 39.5 Å². The Hall–Kier alpha value is -2.74. The Labute approximate surface area is 186 Å². The van der Waals surface area contributed by atoms with Crippen molar-refractivity contribution in [2.24, 2.45) is 0 Å². The van der Waals surface area contributed by atoms with Gasteiger partial charge in [-0.2, -0.15) is 43.8 Å². The Morgan fingerprint density at radius 2 is 1.41 bits per heavy atom. The number of para-hydroxylation sites is 1. The molecule has 4 nitrogen and oxygen atoms in total. The summed E-state index contributed by atoms with van der Waals surface area (Å²) in [4.78, 5) is 0.973. The molecule has 4 rings (SSSR count). The van der Waals surface area contributed by atoms with E-state index in [4.69, 9.17) is 0 Å². The van der Waals surface area contributed by atoms with Gasteiger partial charge in [-0.25, -0.2) is 8.42 Å². The van der Waals surface area contributed by atoms with Gasteiger partial charge in [-0.15, -0.1) is 0 Å². The smallest absolute Gasteiger partial charge is 0.357 e. The van der Waals surface area contributed by atoms with Gasteiger partial charge in [0.25, 0.3) is 0 Å². The van der Waals surface area contributed by atoms with E-state index >= 15 is 0 Å². The molecule has 0 amide bonds. The van der Waals surface area contributed by atoms with E-state index in [2.05, 4.69) is 4.98 Å². The van der Waals surface area contributed by atoms with Crippen molar-refractivity contribution in [1.82, 2.24) is 9.29 Å².